The first-order valence-corrected chi connectivity index (χ1v) is 12.1. The van der Waals surface area contributed by atoms with Crippen LogP contribution in [-0.2, 0) is 10.5 Å². The summed E-state index contributed by atoms with van der Waals surface area (Å²) in [5, 5.41) is 13.0. The Morgan fingerprint density at radius 3 is 2.61 bits per heavy atom. The second-order valence-electron chi connectivity index (χ2n) is 5.91. The summed E-state index contributed by atoms with van der Waals surface area (Å²) < 4.78 is 12.0. The zero-order valence-electron chi connectivity index (χ0n) is 16.7. The van der Waals surface area contributed by atoms with E-state index in [4.69, 9.17) is 21.1 Å². The van der Waals surface area contributed by atoms with Crippen LogP contribution in [0.4, 0.5) is 0 Å². The monoisotopic (exact) mass is 494 g/mol. The first kappa shape index (κ1) is 23.4. The molecule has 2 aromatic carbocycles. The van der Waals surface area contributed by atoms with Crippen molar-refractivity contribution in [3.8, 4) is 11.5 Å². The molecular weight excluding hydrogens is 476 g/mol. The number of carbonyl (C=O) groups excluding carboxylic acids is 1. The number of hydrogen-bond acceptors (Lipinski definition) is 9. The van der Waals surface area contributed by atoms with Crippen LogP contribution in [-0.4, -0.2) is 42.3 Å². The van der Waals surface area contributed by atoms with Gasteiger partial charge in [0, 0.05) is 10.8 Å². The molecule has 0 bridgehead atoms. The number of nitrogens with zero attached hydrogens (tertiary/aromatic N) is 3. The van der Waals surface area contributed by atoms with Crippen LogP contribution in [0.1, 0.15) is 11.1 Å². The van der Waals surface area contributed by atoms with Gasteiger partial charge in [-0.15, -0.1) is 10.2 Å². The summed E-state index contributed by atoms with van der Waals surface area (Å²) in [6, 6.07) is 13.1. The number of amides is 1. The van der Waals surface area contributed by atoms with Crippen molar-refractivity contribution < 1.29 is 14.3 Å². The molecule has 1 N–H and O–H groups in total. The third kappa shape index (κ3) is 7.13. The van der Waals surface area contributed by atoms with Gasteiger partial charge >= 0.3 is 0 Å². The number of methoxy groups -OCH3 is 2. The molecule has 3 aromatic rings. The molecule has 7 nitrogen and oxygen atoms in total. The summed E-state index contributed by atoms with van der Waals surface area (Å²) in [4.78, 5) is 12.0. The Kier molecular flexibility index (Phi) is 9.01. The average Bonchev–Trinajstić information content (AvgIpc) is 3.25. The summed E-state index contributed by atoms with van der Waals surface area (Å²) in [5.74, 6) is 1.88. The smallest absolute Gasteiger partial charge is 0.250 e. The Morgan fingerprint density at radius 1 is 1.13 bits per heavy atom. The van der Waals surface area contributed by atoms with E-state index in [0.717, 1.165) is 24.8 Å². The zero-order valence-corrected chi connectivity index (χ0v) is 19.9. The standard InChI is InChI=1S/C20H19ClN4O3S3/c1-27-16-8-7-13(9-17(16)28-2)10-22-23-18(26)12-30-20-25-24-19(31-20)29-11-14-5-3-4-6-15(14)21/h3-10H,11-12H2,1-2H3,(H,23,26)/b22-10+. The van der Waals surface area contributed by atoms with Crippen molar-refractivity contribution in [1.29, 1.82) is 0 Å². The highest BCUT2D eigenvalue weighted by Gasteiger charge is 2.09. The van der Waals surface area contributed by atoms with Crippen LogP contribution >= 0.6 is 46.5 Å². The number of ether oxygens (including phenoxy) is 2. The van der Waals surface area contributed by atoms with Crippen molar-refractivity contribution >= 4 is 58.6 Å². The number of nitrogens with one attached hydrogen (secondary N) is 1. The first-order valence-electron chi connectivity index (χ1n) is 8.95. The number of carbonyl (C=O) groups is 1. The third-order valence-corrected chi connectivity index (χ3v) is 7.44. The highest BCUT2D eigenvalue weighted by atomic mass is 35.5. The van der Waals surface area contributed by atoms with Crippen LogP contribution in [0.15, 0.2) is 56.2 Å². The average molecular weight is 495 g/mol. The fraction of sp³-hybridized carbons (Fsp3) is 0.200. The number of thioether (sulfide) groups is 2. The number of halogens is 1. The van der Waals surface area contributed by atoms with E-state index in [1.165, 1.54) is 23.1 Å². The lowest BCUT2D eigenvalue weighted by molar-refractivity contribution is -0.118. The van der Waals surface area contributed by atoms with Crippen molar-refractivity contribution in [2.24, 2.45) is 5.10 Å². The Labute approximate surface area is 197 Å². The highest BCUT2D eigenvalue weighted by molar-refractivity contribution is 8.03. The molecule has 3 rings (SSSR count). The third-order valence-electron chi connectivity index (χ3n) is 3.83. The van der Waals surface area contributed by atoms with Crippen molar-refractivity contribution in [3.05, 3.63) is 58.6 Å². The quantitative estimate of drug-likeness (QED) is 0.247. The molecule has 1 heterocycles. The molecule has 0 unspecified atom stereocenters. The summed E-state index contributed by atoms with van der Waals surface area (Å²) in [7, 11) is 3.13. The van der Waals surface area contributed by atoms with E-state index >= 15 is 0 Å². The maximum absolute atomic E-state index is 12.0. The normalized spacial score (nSPS) is 10.9. The molecule has 0 fully saturated rings. The summed E-state index contributed by atoms with van der Waals surface area (Å²) >= 11 is 10.5. The molecule has 0 saturated heterocycles. The lowest BCUT2D eigenvalue weighted by atomic mass is 10.2. The molecule has 11 heteroatoms. The van der Waals surface area contributed by atoms with E-state index in [2.05, 4.69) is 20.7 Å². The Hall–Kier alpha value is -2.27. The Bertz CT molecular complexity index is 1060. The minimum Gasteiger partial charge on any atom is -0.493 e. The minimum absolute atomic E-state index is 0.188. The Morgan fingerprint density at radius 2 is 1.87 bits per heavy atom. The highest BCUT2D eigenvalue weighted by Crippen LogP contribution is 2.32. The van der Waals surface area contributed by atoms with E-state index < -0.39 is 0 Å². The topological polar surface area (TPSA) is 85.7 Å². The molecule has 0 aliphatic rings. The lowest BCUT2D eigenvalue weighted by Crippen LogP contribution is -2.19. The van der Waals surface area contributed by atoms with Gasteiger partial charge in [0.05, 0.1) is 26.2 Å². The van der Waals surface area contributed by atoms with Crippen LogP contribution < -0.4 is 14.9 Å². The van der Waals surface area contributed by atoms with Crippen LogP contribution in [0.2, 0.25) is 5.02 Å². The Balaban J connectivity index is 1.44. The van der Waals surface area contributed by atoms with Gasteiger partial charge in [0.1, 0.15) is 0 Å². The predicted octanol–water partition coefficient (Wildman–Crippen LogP) is 4.74. The van der Waals surface area contributed by atoms with E-state index in [0.29, 0.717) is 17.3 Å². The van der Waals surface area contributed by atoms with Crippen molar-refractivity contribution in [1.82, 2.24) is 15.6 Å². The van der Waals surface area contributed by atoms with Crippen molar-refractivity contribution in [2.45, 2.75) is 14.4 Å². The summed E-state index contributed by atoms with van der Waals surface area (Å²) in [5.41, 5.74) is 4.32. The van der Waals surface area contributed by atoms with E-state index in [1.54, 1.807) is 44.3 Å². The lowest BCUT2D eigenvalue weighted by Gasteiger charge is -2.07. The van der Waals surface area contributed by atoms with Gasteiger partial charge in [0.15, 0.2) is 20.2 Å². The molecule has 0 aliphatic heterocycles. The van der Waals surface area contributed by atoms with Crippen LogP contribution in [0.3, 0.4) is 0 Å². The molecule has 31 heavy (non-hydrogen) atoms. The molecule has 0 radical (unpaired) electrons. The van der Waals surface area contributed by atoms with E-state index in [9.17, 15) is 4.79 Å². The number of aromatic nitrogens is 2. The maximum Gasteiger partial charge on any atom is 0.250 e. The fourth-order valence-corrected chi connectivity index (χ4v) is 5.44. The van der Waals surface area contributed by atoms with Crippen LogP contribution in [0.25, 0.3) is 0 Å². The fourth-order valence-electron chi connectivity index (χ4n) is 2.34. The van der Waals surface area contributed by atoms with E-state index in [-0.39, 0.29) is 11.7 Å². The number of rotatable bonds is 10. The first-order chi connectivity index (χ1) is 15.1. The summed E-state index contributed by atoms with van der Waals surface area (Å²) in [6.45, 7) is 0. The van der Waals surface area contributed by atoms with E-state index in [1.807, 2.05) is 30.3 Å². The zero-order chi connectivity index (χ0) is 22.1. The van der Waals surface area contributed by atoms with Gasteiger partial charge in [-0.1, -0.05) is 64.7 Å². The van der Waals surface area contributed by atoms with Crippen molar-refractivity contribution in [3.63, 3.8) is 0 Å². The number of benzene rings is 2. The van der Waals surface area contributed by atoms with Gasteiger partial charge in [-0.05, 0) is 35.4 Å². The van der Waals surface area contributed by atoms with Gasteiger partial charge in [-0.3, -0.25) is 4.79 Å². The molecular formula is C20H19ClN4O3S3. The van der Waals surface area contributed by atoms with Gasteiger partial charge in [-0.25, -0.2) is 5.43 Å². The van der Waals surface area contributed by atoms with Gasteiger partial charge in [0.25, 0.3) is 5.91 Å². The molecule has 1 amide bonds. The SMILES string of the molecule is COc1ccc(/C=N/NC(=O)CSc2nnc(SCc3ccccc3Cl)s2)cc1OC. The minimum atomic E-state index is -0.234. The van der Waals surface area contributed by atoms with Gasteiger partial charge in [-0.2, -0.15) is 5.10 Å². The summed E-state index contributed by atoms with van der Waals surface area (Å²) in [6.07, 6.45) is 1.54. The molecule has 0 spiro atoms. The maximum atomic E-state index is 12.0. The molecule has 162 valence electrons. The van der Waals surface area contributed by atoms with Crippen LogP contribution in [0, 0.1) is 0 Å². The molecule has 1 aromatic heterocycles. The number of hydrazone groups is 1. The number of hydrogen-bond donors (Lipinski definition) is 1. The second-order valence-corrected chi connectivity index (χ2v) is 9.74. The van der Waals surface area contributed by atoms with Gasteiger partial charge in [0.2, 0.25) is 0 Å². The van der Waals surface area contributed by atoms with Gasteiger partial charge < -0.3 is 9.47 Å². The largest absolute Gasteiger partial charge is 0.493 e. The molecule has 0 saturated carbocycles. The molecule has 0 aliphatic carbocycles. The van der Waals surface area contributed by atoms with Crippen molar-refractivity contribution in [2.75, 3.05) is 20.0 Å². The predicted molar refractivity (Wildman–Crippen MR) is 127 cm³/mol. The van der Waals surface area contributed by atoms with Crippen LogP contribution in [0.5, 0.6) is 11.5 Å². The molecule has 0 atom stereocenters. The second kappa shape index (κ2) is 11.9.